The van der Waals surface area contributed by atoms with Crippen molar-refractivity contribution in [1.29, 1.82) is 0 Å². The maximum atomic E-state index is 11.9. The molecule has 6 heteroatoms. The molecule has 1 unspecified atom stereocenters. The normalized spacial score (nSPS) is 12.4. The standard InChI is InChI=1S/C15H20INO4/c1-15(2,3)21-14(19)17-12(9-13(18)20-4)10-5-7-11(16)8-6-10/h5-8,12H,9H2,1-4H3,(H,17,19). The zero-order valence-electron chi connectivity index (χ0n) is 12.6. The van der Waals surface area contributed by atoms with E-state index in [0.717, 1.165) is 9.13 Å². The van der Waals surface area contributed by atoms with Crippen molar-refractivity contribution in [1.82, 2.24) is 5.32 Å². The molecule has 1 atom stereocenters. The summed E-state index contributed by atoms with van der Waals surface area (Å²) < 4.78 is 11.0. The summed E-state index contributed by atoms with van der Waals surface area (Å²) in [6, 6.07) is 7.08. The lowest BCUT2D eigenvalue weighted by molar-refractivity contribution is -0.141. The molecule has 0 heterocycles. The molecule has 0 saturated carbocycles. The molecule has 21 heavy (non-hydrogen) atoms. The highest BCUT2D eigenvalue weighted by Crippen LogP contribution is 2.20. The summed E-state index contributed by atoms with van der Waals surface area (Å²) >= 11 is 2.19. The molecular formula is C15H20INO4. The molecule has 0 aliphatic heterocycles. The van der Waals surface area contributed by atoms with Crippen LogP contribution < -0.4 is 5.32 Å². The Morgan fingerprint density at radius 3 is 2.29 bits per heavy atom. The lowest BCUT2D eigenvalue weighted by atomic mass is 10.0. The largest absolute Gasteiger partial charge is 0.469 e. The summed E-state index contributed by atoms with van der Waals surface area (Å²) in [5.74, 6) is -0.394. The van der Waals surface area contributed by atoms with Crippen LogP contribution in [0.15, 0.2) is 24.3 Å². The zero-order valence-corrected chi connectivity index (χ0v) is 14.8. The van der Waals surface area contributed by atoms with Crippen molar-refractivity contribution in [2.24, 2.45) is 0 Å². The number of rotatable bonds is 4. The summed E-state index contributed by atoms with van der Waals surface area (Å²) in [4.78, 5) is 23.4. The highest BCUT2D eigenvalue weighted by atomic mass is 127. The number of nitrogens with one attached hydrogen (secondary N) is 1. The van der Waals surface area contributed by atoms with Crippen LogP contribution in [-0.4, -0.2) is 24.8 Å². The third-order valence-electron chi connectivity index (χ3n) is 2.56. The lowest BCUT2D eigenvalue weighted by Crippen LogP contribution is -2.36. The number of halogens is 1. The van der Waals surface area contributed by atoms with Crippen molar-refractivity contribution < 1.29 is 19.1 Å². The molecule has 1 N–H and O–H groups in total. The predicted octanol–water partition coefficient (Wildman–Crippen LogP) is 3.42. The van der Waals surface area contributed by atoms with Crippen LogP contribution >= 0.6 is 22.6 Å². The number of amides is 1. The van der Waals surface area contributed by atoms with Crippen LogP contribution in [-0.2, 0) is 14.3 Å². The lowest BCUT2D eigenvalue weighted by Gasteiger charge is -2.23. The van der Waals surface area contributed by atoms with Crippen LogP contribution in [0.2, 0.25) is 0 Å². The van der Waals surface area contributed by atoms with Gasteiger partial charge in [-0.1, -0.05) is 12.1 Å². The molecule has 1 aromatic rings. The topological polar surface area (TPSA) is 64.6 Å². The maximum absolute atomic E-state index is 11.9. The molecule has 0 aromatic heterocycles. The van der Waals surface area contributed by atoms with Gasteiger partial charge in [0.15, 0.2) is 0 Å². The highest BCUT2D eigenvalue weighted by molar-refractivity contribution is 14.1. The van der Waals surface area contributed by atoms with Crippen molar-refractivity contribution in [3.05, 3.63) is 33.4 Å². The van der Waals surface area contributed by atoms with Crippen LogP contribution in [0.4, 0.5) is 4.79 Å². The van der Waals surface area contributed by atoms with Gasteiger partial charge in [0.1, 0.15) is 5.60 Å². The van der Waals surface area contributed by atoms with Crippen molar-refractivity contribution in [2.45, 2.75) is 38.8 Å². The molecule has 0 aliphatic carbocycles. The van der Waals surface area contributed by atoms with Gasteiger partial charge in [-0.25, -0.2) is 4.79 Å². The number of esters is 1. The van der Waals surface area contributed by atoms with Crippen molar-refractivity contribution in [3.63, 3.8) is 0 Å². The number of methoxy groups -OCH3 is 1. The molecule has 0 fully saturated rings. The van der Waals surface area contributed by atoms with E-state index < -0.39 is 23.7 Å². The van der Waals surface area contributed by atoms with E-state index in [2.05, 4.69) is 32.6 Å². The number of hydrogen-bond donors (Lipinski definition) is 1. The zero-order chi connectivity index (χ0) is 16.0. The van der Waals surface area contributed by atoms with E-state index in [0.29, 0.717) is 0 Å². The van der Waals surface area contributed by atoms with E-state index in [4.69, 9.17) is 4.74 Å². The molecule has 0 saturated heterocycles. The van der Waals surface area contributed by atoms with E-state index in [1.54, 1.807) is 20.8 Å². The second-order valence-electron chi connectivity index (χ2n) is 5.53. The van der Waals surface area contributed by atoms with Crippen LogP contribution in [0.3, 0.4) is 0 Å². The average molecular weight is 405 g/mol. The van der Waals surface area contributed by atoms with E-state index in [9.17, 15) is 9.59 Å². The second-order valence-corrected chi connectivity index (χ2v) is 6.78. The van der Waals surface area contributed by atoms with Gasteiger partial charge >= 0.3 is 12.1 Å². The molecular weight excluding hydrogens is 385 g/mol. The third kappa shape index (κ3) is 6.79. The van der Waals surface area contributed by atoms with Crippen LogP contribution in [0.25, 0.3) is 0 Å². The molecule has 5 nitrogen and oxygen atoms in total. The minimum Gasteiger partial charge on any atom is -0.469 e. The Kier molecular flexibility index (Phi) is 6.44. The van der Waals surface area contributed by atoms with Gasteiger partial charge < -0.3 is 14.8 Å². The number of ether oxygens (including phenoxy) is 2. The molecule has 1 rings (SSSR count). The molecule has 0 spiro atoms. The summed E-state index contributed by atoms with van der Waals surface area (Å²) in [6.45, 7) is 5.35. The monoisotopic (exact) mass is 405 g/mol. The first kappa shape index (κ1) is 17.7. The number of alkyl carbamates (subject to hydrolysis) is 1. The van der Waals surface area contributed by atoms with Gasteiger partial charge in [-0.2, -0.15) is 0 Å². The first-order valence-corrected chi connectivity index (χ1v) is 7.61. The Labute approximate surface area is 138 Å². The van der Waals surface area contributed by atoms with Gasteiger partial charge in [0, 0.05) is 3.57 Å². The Morgan fingerprint density at radius 2 is 1.81 bits per heavy atom. The van der Waals surface area contributed by atoms with Gasteiger partial charge in [0.25, 0.3) is 0 Å². The van der Waals surface area contributed by atoms with E-state index in [1.807, 2.05) is 24.3 Å². The molecule has 0 bridgehead atoms. The first-order chi connectivity index (χ1) is 9.71. The van der Waals surface area contributed by atoms with Crippen LogP contribution in [0, 0.1) is 3.57 Å². The number of benzene rings is 1. The molecule has 1 aromatic carbocycles. The van der Waals surface area contributed by atoms with Gasteiger partial charge in [-0.15, -0.1) is 0 Å². The van der Waals surface area contributed by atoms with Crippen molar-refractivity contribution >= 4 is 34.7 Å². The number of carbonyl (C=O) groups excluding carboxylic acids is 2. The number of carbonyl (C=O) groups is 2. The van der Waals surface area contributed by atoms with E-state index in [1.165, 1.54) is 7.11 Å². The number of hydrogen-bond acceptors (Lipinski definition) is 4. The summed E-state index contributed by atoms with van der Waals surface area (Å²) in [6.07, 6.45) is -0.508. The Bertz CT molecular complexity index is 493. The Balaban J connectivity index is 2.84. The Morgan fingerprint density at radius 1 is 1.24 bits per heavy atom. The summed E-state index contributed by atoms with van der Waals surface area (Å²) in [5.41, 5.74) is 0.234. The summed E-state index contributed by atoms with van der Waals surface area (Å²) in [5, 5.41) is 2.71. The second kappa shape index (κ2) is 7.63. The van der Waals surface area contributed by atoms with Crippen LogP contribution in [0.5, 0.6) is 0 Å². The van der Waals surface area contributed by atoms with Crippen molar-refractivity contribution in [2.75, 3.05) is 7.11 Å². The smallest absolute Gasteiger partial charge is 0.408 e. The minimum atomic E-state index is -0.591. The fourth-order valence-corrected chi connectivity index (χ4v) is 2.01. The SMILES string of the molecule is COC(=O)CC(NC(=O)OC(C)(C)C)c1ccc(I)cc1. The van der Waals surface area contributed by atoms with Crippen molar-refractivity contribution in [3.8, 4) is 0 Å². The van der Waals surface area contributed by atoms with Crippen LogP contribution in [0.1, 0.15) is 38.8 Å². The summed E-state index contributed by atoms with van der Waals surface area (Å²) in [7, 11) is 1.32. The highest BCUT2D eigenvalue weighted by Gasteiger charge is 2.22. The van der Waals surface area contributed by atoms with Gasteiger partial charge in [-0.3, -0.25) is 4.79 Å². The fourth-order valence-electron chi connectivity index (χ4n) is 1.65. The van der Waals surface area contributed by atoms with Gasteiger partial charge in [-0.05, 0) is 61.1 Å². The molecule has 1 amide bonds. The maximum Gasteiger partial charge on any atom is 0.408 e. The molecule has 116 valence electrons. The predicted molar refractivity (Wildman–Crippen MR) is 87.9 cm³/mol. The van der Waals surface area contributed by atoms with Gasteiger partial charge in [0.05, 0.1) is 19.6 Å². The quantitative estimate of drug-likeness (QED) is 0.616. The third-order valence-corrected chi connectivity index (χ3v) is 3.28. The molecule has 0 aliphatic rings. The minimum absolute atomic E-state index is 0.0519. The first-order valence-electron chi connectivity index (χ1n) is 6.53. The van der Waals surface area contributed by atoms with E-state index >= 15 is 0 Å². The van der Waals surface area contributed by atoms with E-state index in [-0.39, 0.29) is 6.42 Å². The molecule has 0 radical (unpaired) electrons. The van der Waals surface area contributed by atoms with Gasteiger partial charge in [0.2, 0.25) is 0 Å². The fraction of sp³-hybridized carbons (Fsp3) is 0.467. The Hall–Kier alpha value is -1.31. The average Bonchev–Trinajstić information content (AvgIpc) is 2.36.